The van der Waals surface area contributed by atoms with Crippen molar-refractivity contribution in [2.75, 3.05) is 12.3 Å². The van der Waals surface area contributed by atoms with Crippen LogP contribution in [0.3, 0.4) is 0 Å². The Morgan fingerprint density at radius 2 is 2.06 bits per heavy atom. The summed E-state index contributed by atoms with van der Waals surface area (Å²) in [5.74, 6) is 0.820. The maximum absolute atomic E-state index is 11.5. The minimum absolute atomic E-state index is 0.0742. The van der Waals surface area contributed by atoms with Crippen molar-refractivity contribution in [2.45, 2.75) is 31.7 Å². The van der Waals surface area contributed by atoms with E-state index in [1.165, 1.54) is 6.42 Å². The van der Waals surface area contributed by atoms with Gasteiger partial charge in [0.2, 0.25) is 5.91 Å². The van der Waals surface area contributed by atoms with Crippen LogP contribution in [0.4, 0.5) is 5.69 Å². The summed E-state index contributed by atoms with van der Waals surface area (Å²) >= 11 is 0. The van der Waals surface area contributed by atoms with E-state index in [1.54, 1.807) is 24.3 Å². The van der Waals surface area contributed by atoms with Crippen molar-refractivity contribution < 1.29 is 9.53 Å². The highest BCUT2D eigenvalue weighted by atomic mass is 16.5. The molecule has 0 aromatic heterocycles. The molecule has 0 spiro atoms. The first-order valence-electron chi connectivity index (χ1n) is 6.02. The van der Waals surface area contributed by atoms with Gasteiger partial charge in [-0.25, -0.2) is 0 Å². The number of hydrogen-bond acceptors (Lipinski definition) is 3. The standard InChI is InChI=1S/C13H18N2O2/c14-10-4-6-12(7-5-10)17-9-8-13(16)15-11-2-1-3-11/h4-7,11H,1-3,8-9,14H2,(H,15,16). The van der Waals surface area contributed by atoms with Crippen LogP contribution < -0.4 is 15.8 Å². The molecular weight excluding hydrogens is 216 g/mol. The van der Waals surface area contributed by atoms with Crippen LogP contribution in [0.25, 0.3) is 0 Å². The zero-order valence-corrected chi connectivity index (χ0v) is 9.82. The molecule has 4 heteroatoms. The van der Waals surface area contributed by atoms with Crippen molar-refractivity contribution in [3.05, 3.63) is 24.3 Å². The molecule has 0 unspecified atom stereocenters. The van der Waals surface area contributed by atoms with Gasteiger partial charge in [-0.2, -0.15) is 0 Å². The number of carbonyl (C=O) groups is 1. The topological polar surface area (TPSA) is 64.3 Å². The number of nitrogen functional groups attached to an aromatic ring is 1. The molecule has 17 heavy (non-hydrogen) atoms. The van der Waals surface area contributed by atoms with Crippen LogP contribution in [0.1, 0.15) is 25.7 Å². The van der Waals surface area contributed by atoms with Gasteiger partial charge in [-0.05, 0) is 43.5 Å². The normalized spacial score (nSPS) is 15.1. The van der Waals surface area contributed by atoms with E-state index in [1.807, 2.05) is 0 Å². The second-order valence-corrected chi connectivity index (χ2v) is 4.36. The fraction of sp³-hybridized carbons (Fsp3) is 0.462. The van der Waals surface area contributed by atoms with Crippen molar-refractivity contribution in [3.63, 3.8) is 0 Å². The van der Waals surface area contributed by atoms with Gasteiger partial charge in [0.15, 0.2) is 0 Å². The third-order valence-electron chi connectivity index (χ3n) is 2.95. The second kappa shape index (κ2) is 5.57. The first-order valence-corrected chi connectivity index (χ1v) is 6.02. The Morgan fingerprint density at radius 1 is 1.35 bits per heavy atom. The van der Waals surface area contributed by atoms with E-state index in [4.69, 9.17) is 10.5 Å². The molecule has 1 saturated carbocycles. The Morgan fingerprint density at radius 3 is 2.65 bits per heavy atom. The summed E-state index contributed by atoms with van der Waals surface area (Å²) in [7, 11) is 0. The fourth-order valence-corrected chi connectivity index (χ4v) is 1.68. The van der Waals surface area contributed by atoms with Crippen molar-refractivity contribution in [2.24, 2.45) is 0 Å². The van der Waals surface area contributed by atoms with E-state index >= 15 is 0 Å². The smallest absolute Gasteiger partial charge is 0.223 e. The molecule has 1 aromatic rings. The Hall–Kier alpha value is -1.71. The molecule has 3 N–H and O–H groups in total. The Kier molecular flexibility index (Phi) is 3.85. The maximum atomic E-state index is 11.5. The minimum Gasteiger partial charge on any atom is -0.493 e. The molecule has 1 aromatic carbocycles. The van der Waals surface area contributed by atoms with Crippen LogP contribution >= 0.6 is 0 Å². The van der Waals surface area contributed by atoms with Crippen LogP contribution in [0.2, 0.25) is 0 Å². The number of anilines is 1. The van der Waals surface area contributed by atoms with Gasteiger partial charge in [-0.1, -0.05) is 0 Å². The monoisotopic (exact) mass is 234 g/mol. The molecule has 1 amide bonds. The van der Waals surface area contributed by atoms with Crippen molar-refractivity contribution >= 4 is 11.6 Å². The number of ether oxygens (including phenoxy) is 1. The highest BCUT2D eigenvalue weighted by Gasteiger charge is 2.18. The number of nitrogens with two attached hydrogens (primary N) is 1. The number of rotatable bonds is 5. The quantitative estimate of drug-likeness (QED) is 0.762. The average Bonchev–Trinajstić information content (AvgIpc) is 2.26. The number of benzene rings is 1. The molecule has 1 aliphatic carbocycles. The molecule has 0 radical (unpaired) electrons. The number of hydrogen-bond donors (Lipinski definition) is 2. The molecule has 2 rings (SSSR count). The molecule has 1 aliphatic rings. The lowest BCUT2D eigenvalue weighted by Crippen LogP contribution is -2.39. The molecule has 0 bridgehead atoms. The number of amides is 1. The van der Waals surface area contributed by atoms with Gasteiger partial charge in [0, 0.05) is 11.7 Å². The molecule has 4 nitrogen and oxygen atoms in total. The Balaban J connectivity index is 1.64. The summed E-state index contributed by atoms with van der Waals surface area (Å²) in [5, 5.41) is 2.97. The van der Waals surface area contributed by atoms with Gasteiger partial charge in [0.25, 0.3) is 0 Å². The lowest BCUT2D eigenvalue weighted by Gasteiger charge is -2.26. The molecule has 92 valence electrons. The van der Waals surface area contributed by atoms with Crippen LogP contribution in [0.5, 0.6) is 5.75 Å². The Bertz CT molecular complexity index is 372. The molecule has 0 heterocycles. The van der Waals surface area contributed by atoms with Gasteiger partial charge in [-0.15, -0.1) is 0 Å². The predicted molar refractivity (Wildman–Crippen MR) is 66.7 cm³/mol. The highest BCUT2D eigenvalue weighted by Crippen LogP contribution is 2.18. The summed E-state index contributed by atoms with van der Waals surface area (Å²) in [4.78, 5) is 11.5. The maximum Gasteiger partial charge on any atom is 0.223 e. The van der Waals surface area contributed by atoms with Gasteiger partial charge in [-0.3, -0.25) is 4.79 Å². The van der Waals surface area contributed by atoms with E-state index in [0.29, 0.717) is 24.8 Å². The average molecular weight is 234 g/mol. The lowest BCUT2D eigenvalue weighted by molar-refractivity contribution is -0.122. The molecular formula is C13H18N2O2. The SMILES string of the molecule is Nc1ccc(OCCC(=O)NC2CCC2)cc1. The lowest BCUT2D eigenvalue weighted by atomic mass is 9.93. The fourth-order valence-electron chi connectivity index (χ4n) is 1.68. The summed E-state index contributed by atoms with van der Waals surface area (Å²) in [5.41, 5.74) is 6.27. The zero-order valence-electron chi connectivity index (χ0n) is 9.82. The number of nitrogens with one attached hydrogen (secondary N) is 1. The summed E-state index contributed by atoms with van der Waals surface area (Å²) in [6.07, 6.45) is 3.86. The van der Waals surface area contributed by atoms with Crippen LogP contribution in [-0.4, -0.2) is 18.6 Å². The van der Waals surface area contributed by atoms with Crippen LogP contribution in [0.15, 0.2) is 24.3 Å². The summed E-state index contributed by atoms with van der Waals surface area (Å²) in [6, 6.07) is 7.57. The number of carbonyl (C=O) groups excluding carboxylic acids is 1. The van der Waals surface area contributed by atoms with Gasteiger partial charge in [0.05, 0.1) is 13.0 Å². The minimum atomic E-state index is 0.0742. The summed E-state index contributed by atoms with van der Waals surface area (Å²) in [6.45, 7) is 0.405. The Labute approximate surface area is 101 Å². The third kappa shape index (κ3) is 3.66. The van der Waals surface area contributed by atoms with Crippen LogP contribution in [-0.2, 0) is 4.79 Å². The first kappa shape index (κ1) is 11.8. The van der Waals surface area contributed by atoms with E-state index < -0.39 is 0 Å². The second-order valence-electron chi connectivity index (χ2n) is 4.36. The molecule has 0 saturated heterocycles. The highest BCUT2D eigenvalue weighted by molar-refractivity contribution is 5.76. The molecule has 0 atom stereocenters. The van der Waals surface area contributed by atoms with Crippen molar-refractivity contribution in [3.8, 4) is 5.75 Å². The zero-order chi connectivity index (χ0) is 12.1. The van der Waals surface area contributed by atoms with Crippen LogP contribution in [0, 0.1) is 0 Å². The summed E-state index contributed by atoms with van der Waals surface area (Å²) < 4.78 is 5.45. The first-order chi connectivity index (χ1) is 8.24. The predicted octanol–water partition coefficient (Wildman–Crippen LogP) is 1.71. The third-order valence-corrected chi connectivity index (χ3v) is 2.95. The van der Waals surface area contributed by atoms with Crippen molar-refractivity contribution in [1.82, 2.24) is 5.32 Å². The van der Waals surface area contributed by atoms with Gasteiger partial charge >= 0.3 is 0 Å². The van der Waals surface area contributed by atoms with E-state index in [-0.39, 0.29) is 5.91 Å². The molecule has 1 fully saturated rings. The van der Waals surface area contributed by atoms with E-state index in [2.05, 4.69) is 5.32 Å². The van der Waals surface area contributed by atoms with Gasteiger partial charge < -0.3 is 15.8 Å². The molecule has 0 aliphatic heterocycles. The van der Waals surface area contributed by atoms with Gasteiger partial charge in [0.1, 0.15) is 5.75 Å². The van der Waals surface area contributed by atoms with E-state index in [0.717, 1.165) is 18.6 Å². The largest absolute Gasteiger partial charge is 0.493 e. The van der Waals surface area contributed by atoms with Crippen molar-refractivity contribution in [1.29, 1.82) is 0 Å². The van der Waals surface area contributed by atoms with E-state index in [9.17, 15) is 4.79 Å².